The van der Waals surface area contributed by atoms with Crippen LogP contribution >= 0.6 is 0 Å². The van der Waals surface area contributed by atoms with Crippen LogP contribution in [0.5, 0.6) is 0 Å². The van der Waals surface area contributed by atoms with Crippen molar-refractivity contribution < 1.29 is 14.3 Å². The number of ether oxygens (including phenoxy) is 1. The van der Waals surface area contributed by atoms with Gasteiger partial charge in [-0.25, -0.2) is 4.79 Å². The molecule has 1 saturated heterocycles. The zero-order valence-corrected chi connectivity index (χ0v) is 12.3. The molecule has 114 valence electrons. The summed E-state index contributed by atoms with van der Waals surface area (Å²) in [7, 11) is 1.35. The van der Waals surface area contributed by atoms with Crippen molar-refractivity contribution in [2.45, 2.75) is 37.8 Å². The second-order valence-corrected chi connectivity index (χ2v) is 5.36. The molecule has 5 nitrogen and oxygen atoms in total. The minimum absolute atomic E-state index is 0.172. The van der Waals surface area contributed by atoms with E-state index in [0.717, 1.165) is 18.4 Å². The van der Waals surface area contributed by atoms with E-state index < -0.39 is 12.1 Å². The van der Waals surface area contributed by atoms with E-state index in [4.69, 9.17) is 10.5 Å². The topological polar surface area (TPSA) is 72.6 Å². The zero-order chi connectivity index (χ0) is 15.2. The molecule has 2 atom stereocenters. The highest BCUT2D eigenvalue weighted by molar-refractivity contribution is 5.87. The van der Waals surface area contributed by atoms with Crippen LogP contribution in [0.4, 0.5) is 0 Å². The van der Waals surface area contributed by atoms with Gasteiger partial charge in [0, 0.05) is 6.54 Å². The molecule has 1 aromatic rings. The van der Waals surface area contributed by atoms with Gasteiger partial charge in [-0.1, -0.05) is 30.3 Å². The summed E-state index contributed by atoms with van der Waals surface area (Å²) in [6.07, 6.45) is 2.95. The molecule has 0 aliphatic carbocycles. The number of esters is 1. The molecule has 0 aromatic heterocycles. The highest BCUT2D eigenvalue weighted by Gasteiger charge is 2.34. The van der Waals surface area contributed by atoms with Crippen molar-refractivity contribution >= 4 is 11.9 Å². The number of nitrogens with two attached hydrogens (primary N) is 1. The molecule has 1 heterocycles. The minimum Gasteiger partial charge on any atom is -0.467 e. The van der Waals surface area contributed by atoms with Gasteiger partial charge < -0.3 is 15.4 Å². The maximum Gasteiger partial charge on any atom is 0.328 e. The Bertz CT molecular complexity index is 490. The average molecular weight is 290 g/mol. The SMILES string of the molecule is COC(=O)C1CCCCN1C(=O)[C@H](N)Cc1ccccc1. The number of likely N-dealkylation sites (tertiary alicyclic amines) is 1. The summed E-state index contributed by atoms with van der Waals surface area (Å²) in [5.74, 6) is -0.524. The van der Waals surface area contributed by atoms with Gasteiger partial charge in [0.1, 0.15) is 6.04 Å². The van der Waals surface area contributed by atoms with Crippen molar-refractivity contribution in [1.82, 2.24) is 4.90 Å². The Morgan fingerprint density at radius 3 is 2.71 bits per heavy atom. The third-order valence-corrected chi connectivity index (χ3v) is 3.87. The average Bonchev–Trinajstić information content (AvgIpc) is 2.54. The third-order valence-electron chi connectivity index (χ3n) is 3.87. The Morgan fingerprint density at radius 2 is 2.05 bits per heavy atom. The van der Waals surface area contributed by atoms with Crippen molar-refractivity contribution in [2.75, 3.05) is 13.7 Å². The summed E-state index contributed by atoms with van der Waals surface area (Å²) in [6, 6.07) is 8.54. The van der Waals surface area contributed by atoms with Crippen LogP contribution in [0.2, 0.25) is 0 Å². The number of rotatable bonds is 4. The number of piperidine rings is 1. The largest absolute Gasteiger partial charge is 0.467 e. The molecule has 1 aromatic carbocycles. The molecule has 0 radical (unpaired) electrons. The lowest BCUT2D eigenvalue weighted by molar-refractivity contribution is -0.155. The van der Waals surface area contributed by atoms with E-state index >= 15 is 0 Å². The van der Waals surface area contributed by atoms with E-state index in [1.54, 1.807) is 4.90 Å². The third kappa shape index (κ3) is 3.82. The number of nitrogens with zero attached hydrogens (tertiary/aromatic N) is 1. The van der Waals surface area contributed by atoms with Crippen LogP contribution in [-0.4, -0.2) is 42.5 Å². The maximum atomic E-state index is 12.5. The van der Waals surface area contributed by atoms with E-state index in [2.05, 4.69) is 0 Å². The predicted molar refractivity (Wildman–Crippen MR) is 79.5 cm³/mol. The van der Waals surface area contributed by atoms with Crippen LogP contribution in [0, 0.1) is 0 Å². The lowest BCUT2D eigenvalue weighted by Crippen LogP contribution is -2.54. The van der Waals surface area contributed by atoms with Crippen molar-refractivity contribution in [3.63, 3.8) is 0 Å². The van der Waals surface area contributed by atoms with Crippen LogP contribution in [0.1, 0.15) is 24.8 Å². The molecule has 1 aliphatic rings. The molecule has 1 aliphatic heterocycles. The number of hydrogen-bond acceptors (Lipinski definition) is 4. The van der Waals surface area contributed by atoms with Gasteiger partial charge in [-0.05, 0) is 31.2 Å². The normalized spacial score (nSPS) is 19.9. The Hall–Kier alpha value is -1.88. The fourth-order valence-electron chi connectivity index (χ4n) is 2.74. The molecule has 1 unspecified atom stereocenters. The molecular formula is C16H22N2O3. The van der Waals surface area contributed by atoms with Crippen LogP contribution in [0.3, 0.4) is 0 Å². The molecule has 0 saturated carbocycles. The Morgan fingerprint density at radius 1 is 1.33 bits per heavy atom. The summed E-state index contributed by atoms with van der Waals surface area (Å²) in [6.45, 7) is 0.571. The smallest absolute Gasteiger partial charge is 0.328 e. The first-order chi connectivity index (χ1) is 10.1. The van der Waals surface area contributed by atoms with Gasteiger partial charge in [0.2, 0.25) is 5.91 Å². The van der Waals surface area contributed by atoms with E-state index in [9.17, 15) is 9.59 Å². The van der Waals surface area contributed by atoms with Gasteiger partial charge >= 0.3 is 5.97 Å². The van der Waals surface area contributed by atoms with Crippen LogP contribution in [-0.2, 0) is 20.7 Å². The Kier molecular flexibility index (Phi) is 5.33. The molecule has 0 bridgehead atoms. The summed E-state index contributed by atoms with van der Waals surface area (Å²) in [4.78, 5) is 25.9. The number of methoxy groups -OCH3 is 1. The van der Waals surface area contributed by atoms with Gasteiger partial charge in [0.25, 0.3) is 0 Å². The monoisotopic (exact) mass is 290 g/mol. The van der Waals surface area contributed by atoms with Gasteiger partial charge in [-0.3, -0.25) is 4.79 Å². The lowest BCUT2D eigenvalue weighted by Gasteiger charge is -2.35. The van der Waals surface area contributed by atoms with Crippen LogP contribution in [0.25, 0.3) is 0 Å². The predicted octanol–water partition coefficient (Wildman–Crippen LogP) is 1.11. The van der Waals surface area contributed by atoms with Crippen molar-refractivity contribution in [3.05, 3.63) is 35.9 Å². The van der Waals surface area contributed by atoms with Gasteiger partial charge in [0.05, 0.1) is 13.2 Å². The van der Waals surface area contributed by atoms with E-state index in [0.29, 0.717) is 19.4 Å². The molecular weight excluding hydrogens is 268 g/mol. The molecule has 0 spiro atoms. The van der Waals surface area contributed by atoms with Crippen LogP contribution in [0.15, 0.2) is 30.3 Å². The summed E-state index contributed by atoms with van der Waals surface area (Å²) < 4.78 is 4.79. The second-order valence-electron chi connectivity index (χ2n) is 5.36. The number of benzene rings is 1. The second kappa shape index (κ2) is 7.22. The lowest BCUT2D eigenvalue weighted by atomic mass is 9.99. The maximum absolute atomic E-state index is 12.5. The molecule has 2 N–H and O–H groups in total. The van der Waals surface area contributed by atoms with Crippen molar-refractivity contribution in [1.29, 1.82) is 0 Å². The summed E-state index contributed by atoms with van der Waals surface area (Å²) in [5, 5.41) is 0. The highest BCUT2D eigenvalue weighted by atomic mass is 16.5. The molecule has 5 heteroatoms. The first-order valence-electron chi connectivity index (χ1n) is 7.31. The van der Waals surface area contributed by atoms with Crippen LogP contribution < -0.4 is 5.73 Å². The first-order valence-corrected chi connectivity index (χ1v) is 7.31. The number of hydrogen-bond donors (Lipinski definition) is 1. The van der Waals surface area contributed by atoms with Gasteiger partial charge in [-0.2, -0.15) is 0 Å². The zero-order valence-electron chi connectivity index (χ0n) is 12.3. The standard InChI is InChI=1S/C16H22N2O3/c1-21-16(20)14-9-5-6-10-18(14)15(19)13(17)11-12-7-3-2-4-8-12/h2-4,7-8,13-14H,5-6,9-11,17H2,1H3/t13-,14?/m1/s1. The fourth-order valence-corrected chi connectivity index (χ4v) is 2.74. The van der Waals surface area contributed by atoms with E-state index in [1.165, 1.54) is 7.11 Å². The fraction of sp³-hybridized carbons (Fsp3) is 0.500. The van der Waals surface area contributed by atoms with Crippen molar-refractivity contribution in [2.24, 2.45) is 5.73 Å². The molecule has 21 heavy (non-hydrogen) atoms. The number of carbonyl (C=O) groups excluding carboxylic acids is 2. The summed E-state index contributed by atoms with van der Waals surface area (Å²) in [5.41, 5.74) is 7.06. The van der Waals surface area contributed by atoms with E-state index in [-0.39, 0.29) is 11.9 Å². The molecule has 2 rings (SSSR count). The van der Waals surface area contributed by atoms with Crippen molar-refractivity contribution in [3.8, 4) is 0 Å². The first kappa shape index (κ1) is 15.5. The van der Waals surface area contributed by atoms with Gasteiger partial charge in [-0.15, -0.1) is 0 Å². The Labute approximate surface area is 125 Å². The quantitative estimate of drug-likeness (QED) is 0.843. The number of carbonyl (C=O) groups is 2. The molecule has 1 fully saturated rings. The Balaban J connectivity index is 2.04. The van der Waals surface area contributed by atoms with E-state index in [1.807, 2.05) is 30.3 Å². The molecule has 1 amide bonds. The number of amides is 1. The highest BCUT2D eigenvalue weighted by Crippen LogP contribution is 2.19. The summed E-state index contributed by atoms with van der Waals surface area (Å²) >= 11 is 0. The van der Waals surface area contributed by atoms with Gasteiger partial charge in [0.15, 0.2) is 0 Å². The minimum atomic E-state index is -0.627.